The summed E-state index contributed by atoms with van der Waals surface area (Å²) in [6.45, 7) is -0.0618. The van der Waals surface area contributed by atoms with E-state index in [9.17, 15) is 28.2 Å². The zero-order valence-corrected chi connectivity index (χ0v) is 11.0. The van der Waals surface area contributed by atoms with Crippen LogP contribution in [0.25, 0.3) is 0 Å². The number of aliphatic hydroxyl groups excluding tert-OH is 4. The largest absolute Gasteiger partial charge is 0.449 e. The van der Waals surface area contributed by atoms with Crippen LogP contribution in [0, 0.1) is 0 Å². The molecule has 0 unspecified atom stereocenters. The smallest absolute Gasteiger partial charge is 0.394 e. The fourth-order valence-electron chi connectivity index (χ4n) is 1.19. The van der Waals surface area contributed by atoms with E-state index in [0.29, 0.717) is 0 Å². The monoisotopic (exact) mass is 317 g/mol. The highest BCUT2D eigenvalue weighted by Gasteiger charge is 2.38. The van der Waals surface area contributed by atoms with E-state index in [4.69, 9.17) is 14.8 Å². The predicted molar refractivity (Wildman–Crippen MR) is 60.4 cm³/mol. The Morgan fingerprint density at radius 3 is 2.05 bits per heavy atom. The Bertz CT molecular complexity index is 448. The van der Waals surface area contributed by atoms with E-state index < -0.39 is 53.2 Å². The highest BCUT2D eigenvalue weighted by molar-refractivity contribution is 7.81. The van der Waals surface area contributed by atoms with Gasteiger partial charge in [-0.05, 0) is 0 Å². The van der Waals surface area contributed by atoms with Crippen molar-refractivity contribution in [1.82, 2.24) is 5.32 Å². The minimum absolute atomic E-state index is 0.896. The number of hydrogen-bond acceptors (Lipinski definition) is 9. The number of carbonyl (C=O) groups excluding carboxylic acids is 2. The first-order valence-electron chi connectivity index (χ1n) is 5.12. The Balaban J connectivity index is 5.14. The molecule has 0 spiro atoms. The first-order chi connectivity index (χ1) is 8.99. The summed E-state index contributed by atoms with van der Waals surface area (Å²) < 4.78 is 32.6. The number of aliphatic hydroxyl groups is 4. The van der Waals surface area contributed by atoms with Gasteiger partial charge in [0.25, 0.3) is 0 Å². The molecule has 0 saturated carbocycles. The second-order valence-electron chi connectivity index (χ2n) is 3.74. The normalized spacial score (nSPS) is 17.7. The van der Waals surface area contributed by atoms with E-state index >= 15 is 0 Å². The number of amides is 1. The molecule has 4 atom stereocenters. The van der Waals surface area contributed by atoms with Crippen molar-refractivity contribution in [2.45, 2.75) is 31.3 Å². The van der Waals surface area contributed by atoms with Crippen LogP contribution in [0.3, 0.4) is 0 Å². The van der Waals surface area contributed by atoms with E-state index in [1.165, 1.54) is 0 Å². The van der Waals surface area contributed by atoms with Gasteiger partial charge in [0, 0.05) is 6.92 Å². The molecule has 11 nitrogen and oxygen atoms in total. The third kappa shape index (κ3) is 6.23. The topological polar surface area (TPSA) is 191 Å². The quantitative estimate of drug-likeness (QED) is 0.252. The predicted octanol–water partition coefficient (Wildman–Crippen LogP) is -4.09. The van der Waals surface area contributed by atoms with Crippen molar-refractivity contribution in [3.63, 3.8) is 0 Å². The molecule has 0 rings (SSSR count). The SMILES string of the molecule is CC(=O)N[C@H](C(=O)OS(=O)(=O)O)[C@@H](O)[C@H](O)[C@H](O)CO. The lowest BCUT2D eigenvalue weighted by molar-refractivity contribution is -0.149. The summed E-state index contributed by atoms with van der Waals surface area (Å²) >= 11 is 0. The van der Waals surface area contributed by atoms with Crippen LogP contribution in [0.5, 0.6) is 0 Å². The maximum absolute atomic E-state index is 11.4. The van der Waals surface area contributed by atoms with Gasteiger partial charge in [-0.1, -0.05) is 0 Å². The maximum atomic E-state index is 11.4. The Morgan fingerprint density at radius 2 is 1.70 bits per heavy atom. The lowest BCUT2D eigenvalue weighted by atomic mass is 10.0. The van der Waals surface area contributed by atoms with Gasteiger partial charge in [0.2, 0.25) is 5.91 Å². The van der Waals surface area contributed by atoms with E-state index in [2.05, 4.69) is 4.18 Å². The molecular formula is C8H15NO10S. The molecule has 0 aromatic heterocycles. The second kappa shape index (κ2) is 7.47. The highest BCUT2D eigenvalue weighted by Crippen LogP contribution is 2.08. The van der Waals surface area contributed by atoms with Crippen molar-refractivity contribution in [1.29, 1.82) is 0 Å². The number of rotatable bonds is 7. The standard InChI is InChI=1S/C8H15NO10S/c1-3(11)9-5(8(15)19-20(16,17)18)7(14)6(13)4(12)2-10/h4-7,10,12-14H,2H2,1H3,(H,9,11)(H,16,17,18)/t4-,5+,6-,7-/m1/s1. The van der Waals surface area contributed by atoms with Gasteiger partial charge in [-0.15, -0.1) is 0 Å². The first-order valence-corrected chi connectivity index (χ1v) is 6.49. The molecule has 1 amide bonds. The fraction of sp³-hybridized carbons (Fsp3) is 0.750. The Morgan fingerprint density at radius 1 is 1.20 bits per heavy atom. The molecule has 0 bridgehead atoms. The zero-order chi connectivity index (χ0) is 16.1. The summed E-state index contributed by atoms with van der Waals surface area (Å²) in [5.74, 6) is -2.69. The summed E-state index contributed by atoms with van der Waals surface area (Å²) in [4.78, 5) is 22.2. The van der Waals surface area contributed by atoms with Gasteiger partial charge in [0.15, 0.2) is 6.04 Å². The molecule has 0 radical (unpaired) electrons. The molecule has 118 valence electrons. The molecule has 0 aromatic carbocycles. The Hall–Kier alpha value is -1.31. The summed E-state index contributed by atoms with van der Waals surface area (Å²) in [6, 6.07) is -2.09. The highest BCUT2D eigenvalue weighted by atomic mass is 32.3. The van der Waals surface area contributed by atoms with Crippen LogP contribution in [0.4, 0.5) is 0 Å². The minimum Gasteiger partial charge on any atom is -0.394 e. The molecule has 12 heteroatoms. The number of carbonyl (C=O) groups is 2. The van der Waals surface area contributed by atoms with Gasteiger partial charge < -0.3 is 29.9 Å². The van der Waals surface area contributed by atoms with Crippen LogP contribution in [0.15, 0.2) is 0 Å². The summed E-state index contributed by atoms with van der Waals surface area (Å²) in [5, 5.41) is 38.4. The molecule has 0 aromatic rings. The molecule has 0 heterocycles. The lowest BCUT2D eigenvalue weighted by Gasteiger charge is -2.27. The summed E-state index contributed by atoms with van der Waals surface area (Å²) in [6.07, 6.45) is -6.15. The third-order valence-corrected chi connectivity index (χ3v) is 2.45. The van der Waals surface area contributed by atoms with Crippen molar-refractivity contribution in [2.75, 3.05) is 6.61 Å². The first kappa shape index (κ1) is 18.7. The van der Waals surface area contributed by atoms with E-state index in [0.717, 1.165) is 6.92 Å². The minimum atomic E-state index is -5.19. The van der Waals surface area contributed by atoms with Gasteiger partial charge in [0.1, 0.15) is 18.3 Å². The third-order valence-electron chi connectivity index (χ3n) is 2.07. The molecule has 0 fully saturated rings. The molecule has 20 heavy (non-hydrogen) atoms. The number of nitrogens with one attached hydrogen (secondary N) is 1. The average Bonchev–Trinajstić information content (AvgIpc) is 2.30. The van der Waals surface area contributed by atoms with Crippen molar-refractivity contribution in [3.8, 4) is 0 Å². The van der Waals surface area contributed by atoms with Gasteiger partial charge in [0.05, 0.1) is 6.61 Å². The summed E-state index contributed by atoms with van der Waals surface area (Å²) in [5.41, 5.74) is 0. The second-order valence-corrected chi connectivity index (χ2v) is 4.76. The van der Waals surface area contributed by atoms with Crippen molar-refractivity contribution >= 4 is 22.3 Å². The Kier molecular flexibility index (Phi) is 6.98. The van der Waals surface area contributed by atoms with Gasteiger partial charge in [-0.25, -0.2) is 4.79 Å². The fourth-order valence-corrected chi connectivity index (χ4v) is 1.50. The van der Waals surface area contributed by atoms with Crippen LogP contribution in [0.1, 0.15) is 6.92 Å². The maximum Gasteiger partial charge on any atom is 0.449 e. The zero-order valence-electron chi connectivity index (χ0n) is 10.2. The van der Waals surface area contributed by atoms with Gasteiger partial charge in [-0.2, -0.15) is 8.42 Å². The average molecular weight is 317 g/mol. The molecule has 0 saturated heterocycles. The molecule has 0 aliphatic heterocycles. The van der Waals surface area contributed by atoms with E-state index in [1.807, 2.05) is 0 Å². The molecule has 0 aliphatic carbocycles. The van der Waals surface area contributed by atoms with Crippen LogP contribution in [-0.2, 0) is 24.2 Å². The lowest BCUT2D eigenvalue weighted by Crippen LogP contribution is -2.56. The van der Waals surface area contributed by atoms with E-state index in [-0.39, 0.29) is 0 Å². The van der Waals surface area contributed by atoms with E-state index in [1.54, 1.807) is 5.32 Å². The van der Waals surface area contributed by atoms with Crippen molar-refractivity contribution in [3.05, 3.63) is 0 Å². The van der Waals surface area contributed by atoms with Crippen LogP contribution in [0.2, 0.25) is 0 Å². The van der Waals surface area contributed by atoms with Gasteiger partial charge in [-0.3, -0.25) is 9.35 Å². The molecular weight excluding hydrogens is 302 g/mol. The van der Waals surface area contributed by atoms with Gasteiger partial charge >= 0.3 is 16.4 Å². The van der Waals surface area contributed by atoms with Crippen LogP contribution >= 0.6 is 0 Å². The van der Waals surface area contributed by atoms with Crippen molar-refractivity contribution in [2.24, 2.45) is 0 Å². The Labute approximate surface area is 113 Å². The summed E-state index contributed by atoms with van der Waals surface area (Å²) in [7, 11) is -5.19. The molecule has 6 N–H and O–H groups in total. The van der Waals surface area contributed by atoms with Crippen molar-refractivity contribution < 1.29 is 47.2 Å². The number of hydrogen-bond donors (Lipinski definition) is 6. The van der Waals surface area contributed by atoms with Crippen LogP contribution in [-0.4, -0.2) is 76.2 Å². The van der Waals surface area contributed by atoms with Crippen LogP contribution < -0.4 is 5.32 Å². The molecule has 0 aliphatic rings.